The molecule has 0 aliphatic heterocycles. The first-order chi connectivity index (χ1) is 8.09. The first-order valence-corrected chi connectivity index (χ1v) is 7.12. The quantitative estimate of drug-likeness (QED) is 0.801. The molecule has 0 bridgehead atoms. The molecule has 1 amide bonds. The van der Waals surface area contributed by atoms with Crippen molar-refractivity contribution in [2.24, 2.45) is 17.6 Å². The zero-order chi connectivity index (χ0) is 12.4. The van der Waals surface area contributed by atoms with E-state index in [-0.39, 0.29) is 12.0 Å². The molecule has 2 aliphatic carbocycles. The summed E-state index contributed by atoms with van der Waals surface area (Å²) < 4.78 is 0. The Bertz CT molecular complexity index is 279. The molecule has 2 aliphatic rings. The molecule has 3 nitrogen and oxygen atoms in total. The van der Waals surface area contributed by atoms with Crippen molar-refractivity contribution in [3.8, 4) is 0 Å². The maximum Gasteiger partial charge on any atom is 0.225 e. The van der Waals surface area contributed by atoms with Crippen LogP contribution in [0.5, 0.6) is 0 Å². The molecule has 0 heterocycles. The van der Waals surface area contributed by atoms with Crippen LogP contribution in [0.1, 0.15) is 51.9 Å². The fraction of sp³-hybridized carbons (Fsp3) is 0.929. The van der Waals surface area contributed by atoms with E-state index in [9.17, 15) is 4.79 Å². The molecular weight excluding hydrogens is 212 g/mol. The first-order valence-electron chi connectivity index (χ1n) is 7.12. The van der Waals surface area contributed by atoms with E-state index in [2.05, 4.69) is 6.92 Å². The largest absolute Gasteiger partial charge is 0.342 e. The number of hydrogen-bond acceptors (Lipinski definition) is 2. The fourth-order valence-corrected chi connectivity index (χ4v) is 3.56. The number of amides is 1. The molecule has 2 fully saturated rings. The van der Waals surface area contributed by atoms with Gasteiger partial charge in [-0.2, -0.15) is 0 Å². The lowest BCUT2D eigenvalue weighted by Crippen LogP contribution is -2.45. The highest BCUT2D eigenvalue weighted by molar-refractivity contribution is 5.79. The number of carbonyl (C=O) groups excluding carboxylic acids is 1. The van der Waals surface area contributed by atoms with Crippen LogP contribution >= 0.6 is 0 Å². The van der Waals surface area contributed by atoms with E-state index in [1.165, 1.54) is 25.7 Å². The van der Waals surface area contributed by atoms with Gasteiger partial charge in [-0.05, 0) is 38.0 Å². The monoisotopic (exact) mass is 238 g/mol. The number of nitrogens with two attached hydrogens (primary N) is 1. The number of rotatable bonds is 2. The topological polar surface area (TPSA) is 46.3 Å². The van der Waals surface area contributed by atoms with Gasteiger partial charge < -0.3 is 10.6 Å². The minimum Gasteiger partial charge on any atom is -0.342 e. The van der Waals surface area contributed by atoms with Crippen LogP contribution in [0.25, 0.3) is 0 Å². The molecule has 0 aromatic rings. The summed E-state index contributed by atoms with van der Waals surface area (Å²) in [4.78, 5) is 14.4. The molecule has 98 valence electrons. The van der Waals surface area contributed by atoms with E-state index in [0.29, 0.717) is 17.9 Å². The molecule has 0 aromatic heterocycles. The Hall–Kier alpha value is -0.570. The normalized spacial score (nSPS) is 38.1. The molecule has 2 rings (SSSR count). The third-order valence-corrected chi connectivity index (χ3v) is 4.73. The van der Waals surface area contributed by atoms with Crippen LogP contribution in [0.4, 0.5) is 0 Å². The van der Waals surface area contributed by atoms with Crippen LogP contribution < -0.4 is 5.73 Å². The van der Waals surface area contributed by atoms with Crippen molar-refractivity contribution in [1.82, 2.24) is 4.90 Å². The lowest BCUT2D eigenvalue weighted by atomic mass is 9.84. The lowest BCUT2D eigenvalue weighted by molar-refractivity contribution is -0.137. The Morgan fingerprint density at radius 1 is 1.18 bits per heavy atom. The molecular formula is C14H26N2O. The zero-order valence-electron chi connectivity index (χ0n) is 11.2. The van der Waals surface area contributed by atoms with Crippen LogP contribution in [0, 0.1) is 11.8 Å². The van der Waals surface area contributed by atoms with Gasteiger partial charge in [0.25, 0.3) is 0 Å². The summed E-state index contributed by atoms with van der Waals surface area (Å²) in [6.07, 6.45) is 7.96. The maximum absolute atomic E-state index is 12.4. The summed E-state index contributed by atoms with van der Waals surface area (Å²) in [5.41, 5.74) is 5.90. The highest BCUT2D eigenvalue weighted by atomic mass is 16.2. The highest BCUT2D eigenvalue weighted by Gasteiger charge is 2.34. The van der Waals surface area contributed by atoms with Gasteiger partial charge in [-0.3, -0.25) is 4.79 Å². The minimum absolute atomic E-state index is 0.198. The summed E-state index contributed by atoms with van der Waals surface area (Å²) >= 11 is 0. The molecule has 2 saturated carbocycles. The average Bonchev–Trinajstić information content (AvgIpc) is 2.75. The van der Waals surface area contributed by atoms with E-state index >= 15 is 0 Å². The molecule has 0 saturated heterocycles. The second-order valence-corrected chi connectivity index (χ2v) is 6.05. The van der Waals surface area contributed by atoms with Gasteiger partial charge in [-0.25, -0.2) is 0 Å². The van der Waals surface area contributed by atoms with Crippen molar-refractivity contribution in [2.45, 2.75) is 64.0 Å². The molecule has 0 spiro atoms. The van der Waals surface area contributed by atoms with Crippen LogP contribution in [-0.2, 0) is 4.79 Å². The van der Waals surface area contributed by atoms with E-state index in [0.717, 1.165) is 19.3 Å². The molecule has 2 N–H and O–H groups in total. The van der Waals surface area contributed by atoms with E-state index in [1.54, 1.807) is 0 Å². The van der Waals surface area contributed by atoms with Crippen molar-refractivity contribution in [1.29, 1.82) is 0 Å². The maximum atomic E-state index is 12.4. The van der Waals surface area contributed by atoms with Crippen molar-refractivity contribution < 1.29 is 4.79 Å². The van der Waals surface area contributed by atoms with Crippen molar-refractivity contribution in [3.63, 3.8) is 0 Å². The van der Waals surface area contributed by atoms with Gasteiger partial charge in [-0.15, -0.1) is 0 Å². The van der Waals surface area contributed by atoms with Gasteiger partial charge in [0, 0.05) is 25.0 Å². The summed E-state index contributed by atoms with van der Waals surface area (Å²) in [5, 5.41) is 0. The van der Waals surface area contributed by atoms with Gasteiger partial charge in [-0.1, -0.05) is 19.8 Å². The van der Waals surface area contributed by atoms with Crippen molar-refractivity contribution in [3.05, 3.63) is 0 Å². The van der Waals surface area contributed by atoms with Gasteiger partial charge in [0.05, 0.1) is 0 Å². The van der Waals surface area contributed by atoms with Crippen LogP contribution in [0.15, 0.2) is 0 Å². The Balaban J connectivity index is 1.94. The SMILES string of the molecule is CC1CCCCC1N(C)C(=O)C1CCC(N)C1. The van der Waals surface area contributed by atoms with Gasteiger partial charge in [0.2, 0.25) is 5.91 Å². The van der Waals surface area contributed by atoms with E-state index in [4.69, 9.17) is 5.73 Å². The third kappa shape index (κ3) is 2.82. The summed E-state index contributed by atoms with van der Waals surface area (Å²) in [6, 6.07) is 0.717. The van der Waals surface area contributed by atoms with E-state index < -0.39 is 0 Å². The smallest absolute Gasteiger partial charge is 0.225 e. The predicted octanol–water partition coefficient (Wildman–Crippen LogP) is 2.15. The lowest BCUT2D eigenvalue weighted by Gasteiger charge is -2.37. The molecule has 4 unspecified atom stereocenters. The van der Waals surface area contributed by atoms with Crippen LogP contribution in [0.2, 0.25) is 0 Å². The van der Waals surface area contributed by atoms with E-state index in [1.807, 2.05) is 11.9 Å². The Morgan fingerprint density at radius 3 is 2.47 bits per heavy atom. The molecule has 4 atom stereocenters. The molecule has 3 heteroatoms. The Labute approximate surface area is 105 Å². The molecule has 0 aromatic carbocycles. The molecule has 17 heavy (non-hydrogen) atoms. The predicted molar refractivity (Wildman–Crippen MR) is 69.5 cm³/mol. The second kappa shape index (κ2) is 5.38. The van der Waals surface area contributed by atoms with Gasteiger partial charge >= 0.3 is 0 Å². The first kappa shape index (κ1) is 12.9. The standard InChI is InChI=1S/C14H26N2O/c1-10-5-3-4-6-13(10)16(2)14(17)11-7-8-12(15)9-11/h10-13H,3-9,15H2,1-2H3. The van der Waals surface area contributed by atoms with Crippen molar-refractivity contribution in [2.75, 3.05) is 7.05 Å². The zero-order valence-corrected chi connectivity index (χ0v) is 11.2. The van der Waals surface area contributed by atoms with Crippen LogP contribution in [0.3, 0.4) is 0 Å². The average molecular weight is 238 g/mol. The summed E-state index contributed by atoms with van der Waals surface area (Å²) in [6.45, 7) is 2.29. The van der Waals surface area contributed by atoms with Crippen molar-refractivity contribution >= 4 is 5.91 Å². The molecule has 0 radical (unpaired) electrons. The number of nitrogens with zero attached hydrogens (tertiary/aromatic N) is 1. The number of carbonyl (C=O) groups is 1. The highest BCUT2D eigenvalue weighted by Crippen LogP contribution is 2.31. The summed E-state index contributed by atoms with van der Waals surface area (Å²) in [7, 11) is 2.00. The van der Waals surface area contributed by atoms with Gasteiger partial charge in [0.15, 0.2) is 0 Å². The third-order valence-electron chi connectivity index (χ3n) is 4.73. The second-order valence-electron chi connectivity index (χ2n) is 6.05. The minimum atomic E-state index is 0.198. The van der Waals surface area contributed by atoms with Crippen LogP contribution in [-0.4, -0.2) is 29.9 Å². The Kier molecular flexibility index (Phi) is 4.08. The van der Waals surface area contributed by atoms with Gasteiger partial charge in [0.1, 0.15) is 0 Å². The number of hydrogen-bond donors (Lipinski definition) is 1. The summed E-state index contributed by atoms with van der Waals surface area (Å²) in [5.74, 6) is 1.20. The fourth-order valence-electron chi connectivity index (χ4n) is 3.56. The Morgan fingerprint density at radius 2 is 1.88 bits per heavy atom.